The van der Waals surface area contributed by atoms with Gasteiger partial charge in [0.05, 0.1) is 6.20 Å². The predicted molar refractivity (Wildman–Crippen MR) is 75.4 cm³/mol. The van der Waals surface area contributed by atoms with Crippen molar-refractivity contribution in [3.05, 3.63) is 47.3 Å². The van der Waals surface area contributed by atoms with Crippen molar-refractivity contribution in [3.8, 4) is 0 Å². The van der Waals surface area contributed by atoms with E-state index < -0.39 is 0 Å². The molecule has 0 saturated carbocycles. The fourth-order valence-electron chi connectivity index (χ4n) is 1.31. The zero-order valence-corrected chi connectivity index (χ0v) is 11.5. The fraction of sp³-hybridized carbons (Fsp3) is 0.167. The quantitative estimate of drug-likeness (QED) is 0.678. The maximum Gasteiger partial charge on any atom is 0.114 e. The van der Waals surface area contributed by atoms with Gasteiger partial charge in [0, 0.05) is 34.9 Å². The van der Waals surface area contributed by atoms with E-state index in [1.54, 1.807) is 30.4 Å². The second-order valence-corrected chi connectivity index (χ2v) is 5.27. The molecular formula is C12H12BrN3S. The lowest BCUT2D eigenvalue weighted by Gasteiger charge is -2.07. The minimum atomic E-state index is 0.893. The van der Waals surface area contributed by atoms with Gasteiger partial charge in [-0.05, 0) is 28.1 Å². The van der Waals surface area contributed by atoms with Gasteiger partial charge in [-0.3, -0.25) is 4.98 Å². The van der Waals surface area contributed by atoms with E-state index in [-0.39, 0.29) is 0 Å². The van der Waals surface area contributed by atoms with Crippen LogP contribution in [0, 0.1) is 0 Å². The Labute approximate surface area is 113 Å². The van der Waals surface area contributed by atoms with E-state index in [0.29, 0.717) is 0 Å². The lowest BCUT2D eigenvalue weighted by Crippen LogP contribution is -2.04. The maximum atomic E-state index is 4.20. The SMILES string of the molecule is Brc1ccccc1NCCSc1cnccn1. The van der Waals surface area contributed by atoms with Crippen molar-refractivity contribution in [1.82, 2.24) is 9.97 Å². The lowest BCUT2D eigenvalue weighted by molar-refractivity contribution is 1.05. The van der Waals surface area contributed by atoms with Crippen LogP contribution in [0.15, 0.2) is 52.4 Å². The Morgan fingerprint density at radius 3 is 2.88 bits per heavy atom. The van der Waals surface area contributed by atoms with Gasteiger partial charge in [0.25, 0.3) is 0 Å². The second kappa shape index (κ2) is 6.61. The Kier molecular flexibility index (Phi) is 4.82. The first-order chi connectivity index (χ1) is 8.36. The van der Waals surface area contributed by atoms with Crippen LogP contribution in [0.5, 0.6) is 0 Å². The number of nitrogens with zero attached hydrogens (tertiary/aromatic N) is 2. The molecule has 0 spiro atoms. The highest BCUT2D eigenvalue weighted by Gasteiger charge is 1.98. The van der Waals surface area contributed by atoms with Crippen LogP contribution in [0.2, 0.25) is 0 Å². The monoisotopic (exact) mass is 309 g/mol. The van der Waals surface area contributed by atoms with Crippen LogP contribution in [0.3, 0.4) is 0 Å². The minimum Gasteiger partial charge on any atom is -0.383 e. The molecule has 5 heteroatoms. The third-order valence-electron chi connectivity index (χ3n) is 2.08. The first-order valence-corrected chi connectivity index (χ1v) is 7.01. The van der Waals surface area contributed by atoms with E-state index in [4.69, 9.17) is 0 Å². The molecule has 3 nitrogen and oxygen atoms in total. The van der Waals surface area contributed by atoms with Crippen molar-refractivity contribution >= 4 is 33.4 Å². The molecule has 2 rings (SSSR count). The number of anilines is 1. The van der Waals surface area contributed by atoms with Crippen LogP contribution >= 0.6 is 27.7 Å². The average Bonchev–Trinajstić information content (AvgIpc) is 2.38. The highest BCUT2D eigenvalue weighted by atomic mass is 79.9. The molecule has 1 aromatic carbocycles. The minimum absolute atomic E-state index is 0.893. The number of para-hydroxylation sites is 1. The molecular weight excluding hydrogens is 298 g/mol. The first-order valence-electron chi connectivity index (χ1n) is 5.23. The highest BCUT2D eigenvalue weighted by molar-refractivity contribution is 9.10. The van der Waals surface area contributed by atoms with Crippen molar-refractivity contribution in [2.75, 3.05) is 17.6 Å². The molecule has 1 aromatic heterocycles. The topological polar surface area (TPSA) is 37.8 Å². The van der Waals surface area contributed by atoms with Crippen LogP contribution < -0.4 is 5.32 Å². The Morgan fingerprint density at radius 1 is 1.24 bits per heavy atom. The molecule has 0 fully saturated rings. The van der Waals surface area contributed by atoms with Crippen LogP contribution in [-0.2, 0) is 0 Å². The summed E-state index contributed by atoms with van der Waals surface area (Å²) in [5.41, 5.74) is 1.12. The van der Waals surface area contributed by atoms with E-state index in [1.165, 1.54) is 0 Å². The molecule has 2 aromatic rings. The molecule has 0 radical (unpaired) electrons. The third-order valence-corrected chi connectivity index (χ3v) is 3.69. The number of hydrogen-bond donors (Lipinski definition) is 1. The van der Waals surface area contributed by atoms with Gasteiger partial charge in [-0.25, -0.2) is 4.98 Å². The number of halogens is 1. The van der Waals surface area contributed by atoms with Crippen molar-refractivity contribution in [1.29, 1.82) is 0 Å². The summed E-state index contributed by atoms with van der Waals surface area (Å²) in [5, 5.41) is 4.33. The summed E-state index contributed by atoms with van der Waals surface area (Å²) in [5.74, 6) is 0.958. The Hall–Kier alpha value is -1.07. The number of rotatable bonds is 5. The van der Waals surface area contributed by atoms with E-state index in [9.17, 15) is 0 Å². The number of nitrogens with one attached hydrogen (secondary N) is 1. The van der Waals surface area contributed by atoms with Crippen molar-refractivity contribution in [3.63, 3.8) is 0 Å². The molecule has 0 aliphatic heterocycles. The lowest BCUT2D eigenvalue weighted by atomic mass is 10.3. The molecule has 0 aliphatic carbocycles. The van der Waals surface area contributed by atoms with Gasteiger partial charge in [-0.2, -0.15) is 0 Å². The smallest absolute Gasteiger partial charge is 0.114 e. The Balaban J connectivity index is 1.76. The maximum absolute atomic E-state index is 4.20. The molecule has 88 valence electrons. The highest BCUT2D eigenvalue weighted by Crippen LogP contribution is 2.21. The van der Waals surface area contributed by atoms with Gasteiger partial charge >= 0.3 is 0 Å². The number of hydrogen-bond acceptors (Lipinski definition) is 4. The molecule has 17 heavy (non-hydrogen) atoms. The first kappa shape index (κ1) is 12.4. The molecule has 1 N–H and O–H groups in total. The summed E-state index contributed by atoms with van der Waals surface area (Å²) in [7, 11) is 0. The predicted octanol–water partition coefficient (Wildman–Crippen LogP) is 3.44. The number of thioether (sulfide) groups is 1. The van der Waals surface area contributed by atoms with Crippen LogP contribution in [-0.4, -0.2) is 22.3 Å². The largest absolute Gasteiger partial charge is 0.383 e. The van der Waals surface area contributed by atoms with Gasteiger partial charge < -0.3 is 5.32 Å². The van der Waals surface area contributed by atoms with E-state index in [0.717, 1.165) is 27.5 Å². The Bertz CT molecular complexity index is 464. The zero-order chi connectivity index (χ0) is 11.9. The number of aromatic nitrogens is 2. The van der Waals surface area contributed by atoms with Crippen LogP contribution in [0.4, 0.5) is 5.69 Å². The van der Waals surface area contributed by atoms with E-state index in [2.05, 4.69) is 37.3 Å². The molecule has 1 heterocycles. The second-order valence-electron chi connectivity index (χ2n) is 3.30. The van der Waals surface area contributed by atoms with Gasteiger partial charge in [-0.1, -0.05) is 12.1 Å². The summed E-state index contributed by atoms with van der Waals surface area (Å²) in [4.78, 5) is 8.23. The summed E-state index contributed by atoms with van der Waals surface area (Å²) in [6.45, 7) is 0.893. The third kappa shape index (κ3) is 4.02. The molecule has 0 bridgehead atoms. The van der Waals surface area contributed by atoms with Gasteiger partial charge in [0.15, 0.2) is 0 Å². The van der Waals surface area contributed by atoms with Crippen LogP contribution in [0.1, 0.15) is 0 Å². The Morgan fingerprint density at radius 2 is 2.12 bits per heavy atom. The van der Waals surface area contributed by atoms with Gasteiger partial charge in [0.1, 0.15) is 5.03 Å². The van der Waals surface area contributed by atoms with Crippen LogP contribution in [0.25, 0.3) is 0 Å². The summed E-state index contributed by atoms with van der Waals surface area (Å²) < 4.78 is 1.09. The summed E-state index contributed by atoms with van der Waals surface area (Å²) in [6, 6.07) is 8.10. The van der Waals surface area contributed by atoms with Gasteiger partial charge in [0.2, 0.25) is 0 Å². The van der Waals surface area contributed by atoms with Crippen molar-refractivity contribution in [2.45, 2.75) is 5.03 Å². The fourth-order valence-corrected chi connectivity index (χ4v) is 2.41. The molecule has 0 atom stereocenters. The molecule has 0 amide bonds. The van der Waals surface area contributed by atoms with E-state index >= 15 is 0 Å². The molecule has 0 aliphatic rings. The van der Waals surface area contributed by atoms with Gasteiger partial charge in [-0.15, -0.1) is 11.8 Å². The normalized spacial score (nSPS) is 10.2. The van der Waals surface area contributed by atoms with Crippen molar-refractivity contribution < 1.29 is 0 Å². The molecule has 0 saturated heterocycles. The zero-order valence-electron chi connectivity index (χ0n) is 9.14. The number of benzene rings is 1. The van der Waals surface area contributed by atoms with Crippen molar-refractivity contribution in [2.24, 2.45) is 0 Å². The summed E-state index contributed by atoms with van der Waals surface area (Å²) >= 11 is 5.20. The standard InChI is InChI=1S/C12H12BrN3S/c13-10-3-1-2-4-11(10)15-7-8-17-12-9-14-5-6-16-12/h1-6,9,15H,7-8H2. The molecule has 0 unspecified atom stereocenters. The van der Waals surface area contributed by atoms with E-state index in [1.807, 2.05) is 18.2 Å². The summed E-state index contributed by atoms with van der Waals surface area (Å²) in [6.07, 6.45) is 5.18. The average molecular weight is 310 g/mol.